The number of carbonyl (C=O) groups is 2. The minimum absolute atomic E-state index is 0.0555. The largest absolute Gasteiger partial charge is 0.480 e. The molecule has 0 radical (unpaired) electrons. The maximum absolute atomic E-state index is 10.7. The van der Waals surface area contributed by atoms with E-state index < -0.39 is 18.1 Å². The van der Waals surface area contributed by atoms with Gasteiger partial charge in [0.2, 0.25) is 0 Å². The molecule has 6 heteroatoms. The highest BCUT2D eigenvalue weighted by Crippen LogP contribution is 2.05. The summed E-state index contributed by atoms with van der Waals surface area (Å²) in [6.07, 6.45) is 0.393. The third-order valence-corrected chi connectivity index (χ3v) is 2.83. The van der Waals surface area contributed by atoms with Gasteiger partial charge in [-0.3, -0.25) is 9.59 Å². The Morgan fingerprint density at radius 2 is 1.93 bits per heavy atom. The van der Waals surface area contributed by atoms with Gasteiger partial charge in [-0.2, -0.15) is 11.8 Å². The molecule has 0 saturated carbocycles. The fourth-order valence-electron chi connectivity index (χ4n) is 0.661. The lowest BCUT2D eigenvalue weighted by atomic mass is 10.2. The van der Waals surface area contributed by atoms with Gasteiger partial charge in [-0.1, -0.05) is 0 Å². The van der Waals surface area contributed by atoms with Crippen LogP contribution in [0.15, 0.2) is 0 Å². The summed E-state index contributed by atoms with van der Waals surface area (Å²) in [6, 6.07) is -1.28. The molecule has 0 aromatic rings. The van der Waals surface area contributed by atoms with Gasteiger partial charge >= 0.3 is 5.97 Å². The quantitative estimate of drug-likeness (QED) is 0.496. The third kappa shape index (κ3) is 5.95. The van der Waals surface area contributed by atoms with E-state index in [-0.39, 0.29) is 5.78 Å². The normalized spacial score (nSPS) is 14.8. The van der Waals surface area contributed by atoms with Gasteiger partial charge in [0.25, 0.3) is 0 Å². The second-order valence-electron chi connectivity index (χ2n) is 3.03. The molecule has 82 valence electrons. The second kappa shape index (κ2) is 6.80. The summed E-state index contributed by atoms with van der Waals surface area (Å²) in [4.78, 5) is 21.0. The first-order valence-corrected chi connectivity index (χ1v) is 5.42. The molecule has 0 bridgehead atoms. The third-order valence-electron chi connectivity index (χ3n) is 1.71. The topological polar surface area (TPSA) is 106 Å². The predicted molar refractivity (Wildman–Crippen MR) is 56.2 cm³/mol. The van der Waals surface area contributed by atoms with Crippen molar-refractivity contribution in [3.05, 3.63) is 0 Å². The van der Waals surface area contributed by atoms with Crippen LogP contribution in [0.2, 0.25) is 0 Å². The summed E-state index contributed by atoms with van der Waals surface area (Å²) in [7, 11) is 0. The molecule has 0 aliphatic rings. The van der Waals surface area contributed by atoms with Gasteiger partial charge in [0, 0.05) is 5.75 Å². The number of ketones is 1. The van der Waals surface area contributed by atoms with Crippen LogP contribution in [0, 0.1) is 0 Å². The summed E-state index contributed by atoms with van der Waals surface area (Å²) in [5.41, 5.74) is 10.8. The van der Waals surface area contributed by atoms with Crippen LogP contribution in [-0.4, -0.2) is 40.4 Å². The molecule has 0 aliphatic heterocycles. The van der Waals surface area contributed by atoms with E-state index in [2.05, 4.69) is 0 Å². The molecule has 0 aliphatic carbocycles. The van der Waals surface area contributed by atoms with Crippen LogP contribution in [0.25, 0.3) is 0 Å². The number of carbonyl (C=O) groups excluding carboxylic acids is 1. The molecule has 0 unspecified atom stereocenters. The van der Waals surface area contributed by atoms with Gasteiger partial charge < -0.3 is 16.6 Å². The van der Waals surface area contributed by atoms with Crippen LogP contribution in [0.4, 0.5) is 0 Å². The maximum atomic E-state index is 10.7. The number of carboxylic acid groups (broad SMARTS) is 1. The van der Waals surface area contributed by atoms with E-state index in [1.54, 1.807) is 0 Å². The predicted octanol–water partition coefficient (Wildman–Crippen LogP) is -0.562. The van der Waals surface area contributed by atoms with Gasteiger partial charge in [-0.25, -0.2) is 0 Å². The average Bonchev–Trinajstić information content (AvgIpc) is 2.11. The molecule has 0 fully saturated rings. The number of hydrogen-bond acceptors (Lipinski definition) is 5. The molecule has 0 heterocycles. The first kappa shape index (κ1) is 13.4. The Kier molecular flexibility index (Phi) is 6.52. The lowest BCUT2D eigenvalue weighted by Gasteiger charge is -2.08. The Morgan fingerprint density at radius 3 is 2.36 bits per heavy atom. The Bertz CT molecular complexity index is 189. The number of Topliss-reactive ketones (excluding diaryl/α,β-unsaturated/α-hetero) is 1. The Balaban J connectivity index is 3.47. The van der Waals surface area contributed by atoms with Crippen LogP contribution in [0.3, 0.4) is 0 Å². The molecular formula is C8H16N2O3S. The zero-order valence-electron chi connectivity index (χ0n) is 8.10. The Morgan fingerprint density at radius 1 is 1.36 bits per heavy atom. The van der Waals surface area contributed by atoms with Crippen LogP contribution < -0.4 is 11.5 Å². The highest BCUT2D eigenvalue weighted by molar-refractivity contribution is 7.99. The van der Waals surface area contributed by atoms with Gasteiger partial charge in [-0.05, 0) is 19.1 Å². The fourth-order valence-corrected chi connectivity index (χ4v) is 1.74. The van der Waals surface area contributed by atoms with Gasteiger partial charge in [0.05, 0.1) is 6.04 Å². The summed E-state index contributed by atoms with van der Waals surface area (Å²) in [5, 5.41) is 8.47. The number of thioether (sulfide) groups is 1. The SMILES string of the molecule is CC(=O)[C@@H](N)CSCC[C@H](N)C(=O)O. The van der Waals surface area contributed by atoms with Crippen molar-refractivity contribution < 1.29 is 14.7 Å². The zero-order chi connectivity index (χ0) is 11.1. The molecule has 0 amide bonds. The van der Waals surface area contributed by atoms with E-state index in [0.717, 1.165) is 0 Å². The Labute approximate surface area is 87.2 Å². The minimum atomic E-state index is -0.999. The van der Waals surface area contributed by atoms with Crippen molar-refractivity contribution in [2.24, 2.45) is 11.5 Å². The van der Waals surface area contributed by atoms with Crippen molar-refractivity contribution in [2.45, 2.75) is 25.4 Å². The van der Waals surface area contributed by atoms with E-state index in [4.69, 9.17) is 16.6 Å². The van der Waals surface area contributed by atoms with Crippen molar-refractivity contribution in [3.63, 3.8) is 0 Å². The smallest absolute Gasteiger partial charge is 0.320 e. The molecular weight excluding hydrogens is 204 g/mol. The lowest BCUT2D eigenvalue weighted by Crippen LogP contribution is -2.32. The number of hydrogen-bond donors (Lipinski definition) is 3. The maximum Gasteiger partial charge on any atom is 0.320 e. The summed E-state index contributed by atoms with van der Waals surface area (Å²) >= 11 is 1.45. The number of carboxylic acids is 1. The molecule has 0 aromatic heterocycles. The monoisotopic (exact) mass is 220 g/mol. The van der Waals surface area contributed by atoms with E-state index in [1.807, 2.05) is 0 Å². The van der Waals surface area contributed by atoms with Crippen LogP contribution in [-0.2, 0) is 9.59 Å². The molecule has 0 rings (SSSR count). The molecule has 0 saturated heterocycles. The highest BCUT2D eigenvalue weighted by atomic mass is 32.2. The molecule has 2 atom stereocenters. The van der Waals surface area contributed by atoms with Crippen molar-refractivity contribution in [1.82, 2.24) is 0 Å². The van der Waals surface area contributed by atoms with E-state index in [1.165, 1.54) is 18.7 Å². The second-order valence-corrected chi connectivity index (χ2v) is 4.18. The standard InChI is InChI=1S/C8H16N2O3S/c1-5(11)7(10)4-14-3-2-6(9)8(12)13/h6-7H,2-4,9-10H2,1H3,(H,12,13)/t6-,7-/m0/s1. The molecule has 14 heavy (non-hydrogen) atoms. The van der Waals surface area contributed by atoms with Crippen LogP contribution in [0.5, 0.6) is 0 Å². The van der Waals surface area contributed by atoms with Gasteiger partial charge in [0.1, 0.15) is 11.8 Å². The molecule has 0 spiro atoms. The van der Waals surface area contributed by atoms with Crippen molar-refractivity contribution in [3.8, 4) is 0 Å². The first-order chi connectivity index (χ1) is 6.45. The number of rotatable bonds is 7. The molecule has 5 N–H and O–H groups in total. The summed E-state index contributed by atoms with van der Waals surface area (Å²) in [5.74, 6) is 0.0670. The van der Waals surface area contributed by atoms with Gasteiger partial charge in [-0.15, -0.1) is 0 Å². The summed E-state index contributed by atoms with van der Waals surface area (Å²) in [6.45, 7) is 1.44. The minimum Gasteiger partial charge on any atom is -0.480 e. The molecule has 5 nitrogen and oxygen atoms in total. The van der Waals surface area contributed by atoms with Crippen molar-refractivity contribution >= 4 is 23.5 Å². The summed E-state index contributed by atoms with van der Waals surface area (Å²) < 4.78 is 0. The van der Waals surface area contributed by atoms with E-state index in [0.29, 0.717) is 17.9 Å². The number of aliphatic carboxylic acids is 1. The Hall–Kier alpha value is -0.590. The lowest BCUT2D eigenvalue weighted by molar-refractivity contribution is -0.138. The van der Waals surface area contributed by atoms with E-state index >= 15 is 0 Å². The van der Waals surface area contributed by atoms with Crippen molar-refractivity contribution in [2.75, 3.05) is 11.5 Å². The fraction of sp³-hybridized carbons (Fsp3) is 0.750. The first-order valence-electron chi connectivity index (χ1n) is 4.27. The van der Waals surface area contributed by atoms with E-state index in [9.17, 15) is 9.59 Å². The van der Waals surface area contributed by atoms with Gasteiger partial charge in [0.15, 0.2) is 0 Å². The average molecular weight is 220 g/mol. The van der Waals surface area contributed by atoms with Crippen LogP contribution in [0.1, 0.15) is 13.3 Å². The molecule has 0 aromatic carbocycles. The zero-order valence-corrected chi connectivity index (χ0v) is 8.92. The number of nitrogens with two attached hydrogens (primary N) is 2. The highest BCUT2D eigenvalue weighted by Gasteiger charge is 2.12. The van der Waals surface area contributed by atoms with Crippen molar-refractivity contribution in [1.29, 1.82) is 0 Å². The van der Waals surface area contributed by atoms with Crippen LogP contribution >= 0.6 is 11.8 Å².